The van der Waals surface area contributed by atoms with Crippen LogP contribution in [0.5, 0.6) is 0 Å². The fourth-order valence-electron chi connectivity index (χ4n) is 2.78. The second kappa shape index (κ2) is 6.39. The molecular weight excluding hydrogens is 386 g/mol. The van der Waals surface area contributed by atoms with Crippen molar-refractivity contribution in [1.29, 1.82) is 0 Å². The minimum Gasteiger partial charge on any atom is -0.408 e. The van der Waals surface area contributed by atoms with Crippen molar-refractivity contribution in [1.82, 2.24) is 13.8 Å². The van der Waals surface area contributed by atoms with Gasteiger partial charge in [0, 0.05) is 43.7 Å². The Morgan fingerprint density at radius 3 is 2.52 bits per heavy atom. The molecule has 1 aliphatic rings. The predicted molar refractivity (Wildman–Crippen MR) is 91.0 cm³/mol. The third-order valence-corrected chi connectivity index (χ3v) is 5.87. The van der Waals surface area contributed by atoms with Crippen LogP contribution in [0.25, 0.3) is 11.1 Å². The van der Waals surface area contributed by atoms with Crippen LogP contribution in [0.2, 0.25) is 0 Å². The number of sulfonamides is 1. The van der Waals surface area contributed by atoms with Gasteiger partial charge in [-0.1, -0.05) is 15.9 Å². The fourth-order valence-corrected chi connectivity index (χ4v) is 3.94. The maximum atomic E-state index is 12.0. The van der Waals surface area contributed by atoms with Gasteiger partial charge >= 0.3 is 5.76 Å². The molecule has 2 heterocycles. The van der Waals surface area contributed by atoms with Crippen LogP contribution in [0.15, 0.2) is 31.9 Å². The Morgan fingerprint density at radius 2 is 1.87 bits per heavy atom. The van der Waals surface area contributed by atoms with Crippen LogP contribution in [0.3, 0.4) is 0 Å². The third kappa shape index (κ3) is 3.68. The summed E-state index contributed by atoms with van der Waals surface area (Å²) in [5, 5.41) is 0. The number of nitrogens with zero attached hydrogens (tertiary/aromatic N) is 3. The first kappa shape index (κ1) is 16.7. The van der Waals surface area contributed by atoms with Crippen molar-refractivity contribution in [2.45, 2.75) is 6.54 Å². The van der Waals surface area contributed by atoms with E-state index in [0.717, 1.165) is 9.99 Å². The average Bonchev–Trinajstić information content (AvgIpc) is 2.79. The molecule has 1 aromatic carbocycles. The summed E-state index contributed by atoms with van der Waals surface area (Å²) >= 11 is 3.36. The van der Waals surface area contributed by atoms with Crippen molar-refractivity contribution in [2.75, 3.05) is 39.0 Å². The smallest absolute Gasteiger partial charge is 0.408 e. The molecule has 3 rings (SSSR count). The van der Waals surface area contributed by atoms with E-state index < -0.39 is 10.0 Å². The molecule has 0 aliphatic carbocycles. The normalized spacial score (nSPS) is 17.8. The van der Waals surface area contributed by atoms with E-state index in [2.05, 4.69) is 20.8 Å². The molecule has 9 heteroatoms. The lowest BCUT2D eigenvalue weighted by Gasteiger charge is -2.33. The molecule has 1 saturated heterocycles. The molecular formula is C14H18BrN3O4S. The molecule has 2 aromatic rings. The summed E-state index contributed by atoms with van der Waals surface area (Å²) in [6.07, 6.45) is 1.23. The minimum atomic E-state index is -3.12. The van der Waals surface area contributed by atoms with Crippen LogP contribution < -0.4 is 5.76 Å². The number of piperazine rings is 1. The summed E-state index contributed by atoms with van der Waals surface area (Å²) in [4.78, 5) is 14.1. The van der Waals surface area contributed by atoms with Gasteiger partial charge in [-0.15, -0.1) is 0 Å². The predicted octanol–water partition coefficient (Wildman–Crippen LogP) is 0.934. The molecule has 1 aliphatic heterocycles. The van der Waals surface area contributed by atoms with Crippen LogP contribution in [-0.2, 0) is 16.6 Å². The SMILES string of the molecule is CS(=O)(=O)N1CCN(CCn2c(=O)oc3cc(Br)ccc32)CC1. The summed E-state index contributed by atoms with van der Waals surface area (Å²) in [6.45, 7) is 3.53. The molecule has 1 aromatic heterocycles. The van der Waals surface area contributed by atoms with Gasteiger partial charge in [-0.3, -0.25) is 9.47 Å². The zero-order chi connectivity index (χ0) is 16.6. The Morgan fingerprint density at radius 1 is 1.17 bits per heavy atom. The van der Waals surface area contributed by atoms with Crippen molar-refractivity contribution < 1.29 is 12.8 Å². The van der Waals surface area contributed by atoms with E-state index in [9.17, 15) is 13.2 Å². The quantitative estimate of drug-likeness (QED) is 0.758. The highest BCUT2D eigenvalue weighted by Gasteiger charge is 2.23. The van der Waals surface area contributed by atoms with Crippen LogP contribution in [0.1, 0.15) is 0 Å². The zero-order valence-electron chi connectivity index (χ0n) is 12.7. The van der Waals surface area contributed by atoms with Crippen molar-refractivity contribution in [2.24, 2.45) is 0 Å². The van der Waals surface area contributed by atoms with E-state index in [4.69, 9.17) is 4.42 Å². The summed E-state index contributed by atoms with van der Waals surface area (Å²) in [7, 11) is -3.12. The maximum Gasteiger partial charge on any atom is 0.419 e. The lowest BCUT2D eigenvalue weighted by Crippen LogP contribution is -2.49. The first-order valence-corrected chi connectivity index (χ1v) is 9.95. The average molecular weight is 404 g/mol. The second-order valence-corrected chi connectivity index (χ2v) is 8.53. The number of aromatic nitrogens is 1. The molecule has 0 spiro atoms. The highest BCUT2D eigenvalue weighted by atomic mass is 79.9. The van der Waals surface area contributed by atoms with E-state index in [1.165, 1.54) is 10.6 Å². The van der Waals surface area contributed by atoms with Crippen LogP contribution in [0, 0.1) is 0 Å². The Hall–Kier alpha value is -1.16. The second-order valence-electron chi connectivity index (χ2n) is 5.64. The number of hydrogen-bond acceptors (Lipinski definition) is 5. The van der Waals surface area contributed by atoms with Crippen LogP contribution in [-0.4, -0.2) is 61.2 Å². The number of hydrogen-bond donors (Lipinski definition) is 0. The van der Waals surface area contributed by atoms with E-state index in [0.29, 0.717) is 44.9 Å². The highest BCUT2D eigenvalue weighted by molar-refractivity contribution is 9.10. The molecule has 0 radical (unpaired) electrons. The van der Waals surface area contributed by atoms with Crippen molar-refractivity contribution in [3.05, 3.63) is 33.2 Å². The van der Waals surface area contributed by atoms with Crippen molar-refractivity contribution in [3.63, 3.8) is 0 Å². The lowest BCUT2D eigenvalue weighted by atomic mass is 10.3. The molecule has 0 atom stereocenters. The zero-order valence-corrected chi connectivity index (χ0v) is 15.1. The van der Waals surface area contributed by atoms with E-state index in [-0.39, 0.29) is 5.76 Å². The number of benzene rings is 1. The van der Waals surface area contributed by atoms with Gasteiger partial charge in [-0.05, 0) is 18.2 Å². The molecule has 126 valence electrons. The Balaban J connectivity index is 1.66. The number of rotatable bonds is 4. The molecule has 7 nitrogen and oxygen atoms in total. The first-order valence-electron chi connectivity index (χ1n) is 7.31. The van der Waals surface area contributed by atoms with Gasteiger partial charge in [0.05, 0.1) is 11.8 Å². The standard InChI is InChI=1S/C14H18BrN3O4S/c1-23(20,21)17-7-4-16(5-8-17)6-9-18-12-3-2-11(15)10-13(12)22-14(18)19/h2-3,10H,4-9H2,1H3. The summed E-state index contributed by atoms with van der Waals surface area (Å²) in [5.41, 5.74) is 1.33. The third-order valence-electron chi connectivity index (χ3n) is 4.07. The Bertz CT molecular complexity index is 866. The van der Waals surface area contributed by atoms with E-state index in [1.54, 1.807) is 10.6 Å². The first-order chi connectivity index (χ1) is 10.8. The number of fused-ring (bicyclic) bond motifs is 1. The summed E-state index contributed by atoms with van der Waals surface area (Å²) in [5.74, 6) is -0.368. The lowest BCUT2D eigenvalue weighted by molar-refractivity contribution is 0.183. The monoisotopic (exact) mass is 403 g/mol. The van der Waals surface area contributed by atoms with Crippen molar-refractivity contribution >= 4 is 37.1 Å². The highest BCUT2D eigenvalue weighted by Crippen LogP contribution is 2.19. The van der Waals surface area contributed by atoms with Gasteiger partial charge in [-0.25, -0.2) is 13.2 Å². The van der Waals surface area contributed by atoms with Crippen LogP contribution in [0.4, 0.5) is 0 Å². The van der Waals surface area contributed by atoms with E-state index in [1.807, 2.05) is 12.1 Å². The largest absolute Gasteiger partial charge is 0.419 e. The van der Waals surface area contributed by atoms with Gasteiger partial charge in [-0.2, -0.15) is 4.31 Å². The Labute approximate surface area is 142 Å². The topological polar surface area (TPSA) is 75.8 Å². The molecule has 0 saturated carbocycles. The molecule has 0 amide bonds. The fraction of sp³-hybridized carbons (Fsp3) is 0.500. The molecule has 1 fully saturated rings. The summed E-state index contributed by atoms with van der Waals surface area (Å²) in [6, 6.07) is 5.50. The van der Waals surface area contributed by atoms with E-state index >= 15 is 0 Å². The van der Waals surface area contributed by atoms with Gasteiger partial charge in [0.15, 0.2) is 5.58 Å². The minimum absolute atomic E-state index is 0.368. The Kier molecular flexibility index (Phi) is 4.63. The van der Waals surface area contributed by atoms with Crippen LogP contribution >= 0.6 is 15.9 Å². The molecule has 0 N–H and O–H groups in total. The number of halogens is 1. The molecule has 0 unspecified atom stereocenters. The van der Waals surface area contributed by atoms with Crippen molar-refractivity contribution in [3.8, 4) is 0 Å². The molecule has 0 bridgehead atoms. The van der Waals surface area contributed by atoms with Gasteiger partial charge in [0.2, 0.25) is 10.0 Å². The number of oxazole rings is 1. The maximum absolute atomic E-state index is 12.0. The summed E-state index contributed by atoms with van der Waals surface area (Å²) < 4.78 is 32.2. The van der Waals surface area contributed by atoms with Gasteiger partial charge < -0.3 is 4.42 Å². The van der Waals surface area contributed by atoms with Gasteiger partial charge in [0.1, 0.15) is 0 Å². The molecule has 23 heavy (non-hydrogen) atoms. The van der Waals surface area contributed by atoms with Gasteiger partial charge in [0.25, 0.3) is 0 Å².